The maximum atomic E-state index is 11.8. The van der Waals surface area contributed by atoms with Crippen molar-refractivity contribution in [1.82, 2.24) is 10.6 Å². The van der Waals surface area contributed by atoms with Crippen LogP contribution in [0.3, 0.4) is 0 Å². The Hall–Kier alpha value is -1.17. The molecular formula is C15H19Cl3N2O3. The van der Waals surface area contributed by atoms with Gasteiger partial charge in [-0.1, -0.05) is 23.2 Å². The molecule has 0 saturated carbocycles. The molecule has 0 fully saturated rings. The molecule has 0 spiro atoms. The Morgan fingerprint density at radius 3 is 2.43 bits per heavy atom. The van der Waals surface area contributed by atoms with E-state index in [0.29, 0.717) is 28.9 Å². The van der Waals surface area contributed by atoms with Crippen LogP contribution >= 0.6 is 34.8 Å². The number of halogens is 3. The maximum Gasteiger partial charge on any atom is 0.258 e. The molecule has 0 atom stereocenters. The summed E-state index contributed by atoms with van der Waals surface area (Å²) >= 11 is 17.4. The number of nitrogens with one attached hydrogen (secondary N) is 2. The van der Waals surface area contributed by atoms with Gasteiger partial charge in [0.05, 0.1) is 10.4 Å². The predicted molar refractivity (Wildman–Crippen MR) is 92.5 cm³/mol. The summed E-state index contributed by atoms with van der Waals surface area (Å²) in [5, 5.41) is 6.15. The molecular weight excluding hydrogens is 363 g/mol. The van der Waals surface area contributed by atoms with Crippen molar-refractivity contribution in [1.29, 1.82) is 0 Å². The van der Waals surface area contributed by atoms with Gasteiger partial charge in [0, 0.05) is 24.0 Å². The summed E-state index contributed by atoms with van der Waals surface area (Å²) in [6.45, 7) is 3.92. The van der Waals surface area contributed by atoms with Crippen LogP contribution in [0.1, 0.15) is 13.8 Å². The van der Waals surface area contributed by atoms with Crippen LogP contribution in [0.4, 0.5) is 0 Å². The minimum absolute atomic E-state index is 0.161. The molecule has 8 heteroatoms. The first-order valence-corrected chi connectivity index (χ1v) is 8.24. The van der Waals surface area contributed by atoms with Crippen LogP contribution in [0.2, 0.25) is 10.0 Å². The Balaban J connectivity index is 2.26. The molecule has 1 rings (SSSR count). The highest BCUT2D eigenvalue weighted by Crippen LogP contribution is 2.27. The summed E-state index contributed by atoms with van der Waals surface area (Å²) < 4.78 is 5.30. The molecule has 2 amide bonds. The summed E-state index contributed by atoms with van der Waals surface area (Å²) in [6, 6.07) is 4.74. The van der Waals surface area contributed by atoms with E-state index in [1.807, 2.05) is 0 Å². The van der Waals surface area contributed by atoms with Gasteiger partial charge in [0.25, 0.3) is 5.91 Å². The highest BCUT2D eigenvalue weighted by molar-refractivity contribution is 6.35. The first kappa shape index (κ1) is 19.9. The van der Waals surface area contributed by atoms with E-state index in [-0.39, 0.29) is 24.3 Å². The second-order valence-corrected chi connectivity index (χ2v) is 6.60. The van der Waals surface area contributed by atoms with Gasteiger partial charge in [0.15, 0.2) is 6.61 Å². The first-order chi connectivity index (χ1) is 10.8. The van der Waals surface area contributed by atoms with Crippen molar-refractivity contribution in [3.63, 3.8) is 0 Å². The molecule has 0 saturated heterocycles. The fourth-order valence-corrected chi connectivity index (χ4v) is 2.05. The van der Waals surface area contributed by atoms with Crippen LogP contribution in [0.5, 0.6) is 5.75 Å². The third-order valence-electron chi connectivity index (χ3n) is 2.93. The van der Waals surface area contributed by atoms with Crippen LogP contribution in [-0.2, 0) is 9.59 Å². The molecule has 0 heterocycles. The zero-order valence-corrected chi connectivity index (χ0v) is 15.2. The zero-order valence-electron chi connectivity index (χ0n) is 12.9. The number of hydrogen-bond donors (Lipinski definition) is 2. The smallest absolute Gasteiger partial charge is 0.258 e. The lowest BCUT2D eigenvalue weighted by molar-refractivity contribution is -0.128. The fraction of sp³-hybridized carbons (Fsp3) is 0.467. The minimum Gasteiger partial charge on any atom is -0.482 e. The highest BCUT2D eigenvalue weighted by Gasteiger charge is 2.25. The number of amides is 2. The van der Waals surface area contributed by atoms with Crippen LogP contribution in [0.25, 0.3) is 0 Å². The van der Waals surface area contributed by atoms with Gasteiger partial charge in [-0.3, -0.25) is 9.59 Å². The molecule has 5 nitrogen and oxygen atoms in total. The molecule has 2 N–H and O–H groups in total. The molecule has 23 heavy (non-hydrogen) atoms. The number of hydrogen-bond acceptors (Lipinski definition) is 3. The van der Waals surface area contributed by atoms with Gasteiger partial charge in [0.2, 0.25) is 5.91 Å². The van der Waals surface area contributed by atoms with Crippen molar-refractivity contribution in [3.8, 4) is 5.75 Å². The minimum atomic E-state index is -0.639. The number of carbonyl (C=O) groups excluding carboxylic acids is 2. The van der Waals surface area contributed by atoms with E-state index in [9.17, 15) is 9.59 Å². The van der Waals surface area contributed by atoms with E-state index in [1.54, 1.807) is 26.0 Å². The third-order valence-corrected chi connectivity index (χ3v) is 4.13. The van der Waals surface area contributed by atoms with Crippen molar-refractivity contribution in [2.24, 2.45) is 5.41 Å². The molecule has 0 aliphatic carbocycles. The highest BCUT2D eigenvalue weighted by atomic mass is 35.5. The molecule has 0 aliphatic rings. The number of alkyl halides is 1. The first-order valence-electron chi connectivity index (χ1n) is 6.95. The average molecular weight is 382 g/mol. The van der Waals surface area contributed by atoms with Crippen LogP contribution < -0.4 is 15.4 Å². The molecule has 0 unspecified atom stereocenters. The van der Waals surface area contributed by atoms with E-state index in [1.165, 1.54) is 6.07 Å². The second kappa shape index (κ2) is 9.21. The molecule has 0 aromatic heterocycles. The van der Waals surface area contributed by atoms with Crippen molar-refractivity contribution < 1.29 is 14.3 Å². The normalized spacial score (nSPS) is 11.0. The fourth-order valence-electron chi connectivity index (χ4n) is 1.46. The summed E-state index contributed by atoms with van der Waals surface area (Å²) in [7, 11) is 0. The van der Waals surface area contributed by atoms with Gasteiger partial charge in [-0.2, -0.15) is 0 Å². The molecule has 0 aliphatic heterocycles. The average Bonchev–Trinajstić information content (AvgIpc) is 2.50. The van der Waals surface area contributed by atoms with Gasteiger partial charge in [-0.25, -0.2) is 0 Å². The second-order valence-electron chi connectivity index (χ2n) is 5.49. The topological polar surface area (TPSA) is 67.4 Å². The van der Waals surface area contributed by atoms with Crippen molar-refractivity contribution in [2.45, 2.75) is 13.8 Å². The lowest BCUT2D eigenvalue weighted by atomic mass is 9.95. The van der Waals surface area contributed by atoms with Crippen molar-refractivity contribution in [3.05, 3.63) is 28.2 Å². The number of ether oxygens (including phenoxy) is 1. The lowest BCUT2D eigenvalue weighted by Crippen LogP contribution is -2.42. The molecule has 128 valence electrons. The van der Waals surface area contributed by atoms with E-state index in [4.69, 9.17) is 39.5 Å². The van der Waals surface area contributed by atoms with E-state index >= 15 is 0 Å². The standard InChI is InChI=1S/C15H19Cl3N2O3/c1-15(2,9-16)14(22)20-6-5-19-13(21)8-23-12-4-3-10(17)7-11(12)18/h3-4,7H,5-6,8-9H2,1-2H3,(H,19,21)(H,20,22). The van der Waals surface area contributed by atoms with Gasteiger partial charge in [-0.05, 0) is 32.0 Å². The van der Waals surface area contributed by atoms with Gasteiger partial charge in [0.1, 0.15) is 5.75 Å². The van der Waals surface area contributed by atoms with E-state index < -0.39 is 5.41 Å². The lowest BCUT2D eigenvalue weighted by Gasteiger charge is -2.20. The van der Waals surface area contributed by atoms with E-state index in [2.05, 4.69) is 10.6 Å². The Morgan fingerprint density at radius 1 is 1.17 bits per heavy atom. The van der Waals surface area contributed by atoms with Crippen molar-refractivity contribution in [2.75, 3.05) is 25.6 Å². The summed E-state index contributed by atoms with van der Waals surface area (Å²) in [5.41, 5.74) is -0.639. The zero-order chi connectivity index (χ0) is 17.5. The Morgan fingerprint density at radius 2 is 1.83 bits per heavy atom. The monoisotopic (exact) mass is 380 g/mol. The summed E-state index contributed by atoms with van der Waals surface area (Å²) in [5.74, 6) is 0.122. The maximum absolute atomic E-state index is 11.8. The number of benzene rings is 1. The number of rotatable bonds is 8. The largest absolute Gasteiger partial charge is 0.482 e. The van der Waals surface area contributed by atoms with Gasteiger partial charge >= 0.3 is 0 Å². The predicted octanol–water partition coefficient (Wildman–Crippen LogP) is 2.87. The molecule has 1 aromatic rings. The SMILES string of the molecule is CC(C)(CCl)C(=O)NCCNC(=O)COc1ccc(Cl)cc1Cl. The molecule has 0 bridgehead atoms. The van der Waals surface area contributed by atoms with Crippen LogP contribution in [0, 0.1) is 5.41 Å². The van der Waals surface area contributed by atoms with E-state index in [0.717, 1.165) is 0 Å². The third kappa shape index (κ3) is 6.85. The summed E-state index contributed by atoms with van der Waals surface area (Å²) in [4.78, 5) is 23.4. The molecule has 1 aromatic carbocycles. The van der Waals surface area contributed by atoms with Gasteiger partial charge < -0.3 is 15.4 Å². The Labute approximate surface area is 150 Å². The molecule has 0 radical (unpaired) electrons. The Bertz CT molecular complexity index is 565. The Kier molecular flexibility index (Phi) is 7.95. The van der Waals surface area contributed by atoms with Crippen molar-refractivity contribution >= 4 is 46.6 Å². The van der Waals surface area contributed by atoms with Gasteiger partial charge in [-0.15, -0.1) is 11.6 Å². The van der Waals surface area contributed by atoms with Crippen LogP contribution in [-0.4, -0.2) is 37.4 Å². The van der Waals surface area contributed by atoms with Crippen LogP contribution in [0.15, 0.2) is 18.2 Å². The number of carbonyl (C=O) groups is 2. The quantitative estimate of drug-likeness (QED) is 0.537. The summed E-state index contributed by atoms with van der Waals surface area (Å²) in [6.07, 6.45) is 0.